The molecule has 0 bridgehead atoms. The van der Waals surface area contributed by atoms with Crippen LogP contribution in [0.5, 0.6) is 11.8 Å². The van der Waals surface area contributed by atoms with Gasteiger partial charge in [0.2, 0.25) is 0 Å². The van der Waals surface area contributed by atoms with E-state index in [4.69, 9.17) is 10.2 Å². The Kier molecular flexibility index (Phi) is 0.922. The van der Waals surface area contributed by atoms with Crippen LogP contribution in [-0.4, -0.2) is 19.8 Å². The Balaban J connectivity index is 2.59. The van der Waals surface area contributed by atoms with Gasteiger partial charge in [0.05, 0.1) is 0 Å². The van der Waals surface area contributed by atoms with E-state index in [1.807, 2.05) is 0 Å². The molecule has 2 rings (SSSR count). The van der Waals surface area contributed by atoms with Gasteiger partial charge in [-0.3, -0.25) is 4.57 Å². The van der Waals surface area contributed by atoms with E-state index in [0.29, 0.717) is 0 Å². The Morgan fingerprint density at radius 2 is 2.20 bits per heavy atom. The standard InChI is InChI=1S/C6H8N2O2/c9-5-6(10)8-3-1-2-4(8)7-5/h9-10H,1-3H2. The van der Waals surface area contributed by atoms with Gasteiger partial charge in [-0.1, -0.05) is 0 Å². The minimum Gasteiger partial charge on any atom is -0.491 e. The smallest absolute Gasteiger partial charge is 0.275 e. The third-order valence-corrected chi connectivity index (χ3v) is 1.78. The van der Waals surface area contributed by atoms with E-state index in [0.717, 1.165) is 25.2 Å². The molecule has 1 aromatic heterocycles. The molecule has 4 heteroatoms. The van der Waals surface area contributed by atoms with Crippen LogP contribution in [0.2, 0.25) is 0 Å². The maximum atomic E-state index is 9.11. The summed E-state index contributed by atoms with van der Waals surface area (Å²) in [6, 6.07) is 0. The van der Waals surface area contributed by atoms with Crippen LogP contribution in [-0.2, 0) is 13.0 Å². The normalized spacial score (nSPS) is 15.6. The molecule has 0 radical (unpaired) electrons. The largest absolute Gasteiger partial charge is 0.491 e. The van der Waals surface area contributed by atoms with Crippen LogP contribution in [0.3, 0.4) is 0 Å². The summed E-state index contributed by atoms with van der Waals surface area (Å²) in [6.45, 7) is 0.773. The van der Waals surface area contributed by atoms with Gasteiger partial charge in [0, 0.05) is 13.0 Å². The van der Waals surface area contributed by atoms with E-state index in [2.05, 4.69) is 4.98 Å². The van der Waals surface area contributed by atoms with Crippen LogP contribution in [0.25, 0.3) is 0 Å². The molecule has 54 valence electrons. The van der Waals surface area contributed by atoms with Crippen LogP contribution in [0, 0.1) is 0 Å². The van der Waals surface area contributed by atoms with Crippen molar-refractivity contribution in [2.75, 3.05) is 0 Å². The van der Waals surface area contributed by atoms with Gasteiger partial charge >= 0.3 is 0 Å². The van der Waals surface area contributed by atoms with Crippen LogP contribution in [0.15, 0.2) is 0 Å². The quantitative estimate of drug-likeness (QED) is 0.542. The van der Waals surface area contributed by atoms with Crippen molar-refractivity contribution >= 4 is 0 Å². The summed E-state index contributed by atoms with van der Waals surface area (Å²) in [4.78, 5) is 3.76. The lowest BCUT2D eigenvalue weighted by atomic mass is 10.4. The lowest BCUT2D eigenvalue weighted by Gasteiger charge is -1.94. The van der Waals surface area contributed by atoms with Gasteiger partial charge in [0.25, 0.3) is 11.8 Å². The van der Waals surface area contributed by atoms with E-state index in [-0.39, 0.29) is 11.8 Å². The zero-order valence-corrected chi connectivity index (χ0v) is 5.41. The molecule has 0 saturated heterocycles. The summed E-state index contributed by atoms with van der Waals surface area (Å²) in [5.74, 6) is 0.456. The van der Waals surface area contributed by atoms with Crippen molar-refractivity contribution in [1.29, 1.82) is 0 Å². The number of aromatic hydroxyl groups is 2. The first-order chi connectivity index (χ1) is 4.79. The maximum absolute atomic E-state index is 9.11. The third kappa shape index (κ3) is 0.531. The number of aromatic nitrogens is 2. The molecule has 0 aliphatic carbocycles. The molecule has 0 aromatic carbocycles. The van der Waals surface area contributed by atoms with E-state index < -0.39 is 0 Å². The summed E-state index contributed by atoms with van der Waals surface area (Å²) in [7, 11) is 0. The second-order valence-corrected chi connectivity index (χ2v) is 2.43. The molecule has 0 atom stereocenters. The Bertz CT molecular complexity index is 267. The van der Waals surface area contributed by atoms with Gasteiger partial charge in [-0.2, -0.15) is 4.98 Å². The second kappa shape index (κ2) is 1.65. The molecule has 0 amide bonds. The molecule has 1 aliphatic heterocycles. The van der Waals surface area contributed by atoms with Crippen LogP contribution in [0.1, 0.15) is 12.2 Å². The topological polar surface area (TPSA) is 58.3 Å². The first kappa shape index (κ1) is 5.58. The molecule has 2 heterocycles. The van der Waals surface area contributed by atoms with Crippen LogP contribution in [0.4, 0.5) is 0 Å². The highest BCUT2D eigenvalue weighted by Gasteiger charge is 2.19. The molecule has 4 nitrogen and oxygen atoms in total. The highest BCUT2D eigenvalue weighted by atomic mass is 16.3. The van der Waals surface area contributed by atoms with Gasteiger partial charge in [-0.15, -0.1) is 0 Å². The van der Waals surface area contributed by atoms with Crippen molar-refractivity contribution in [3.8, 4) is 11.8 Å². The first-order valence-electron chi connectivity index (χ1n) is 3.26. The zero-order valence-electron chi connectivity index (χ0n) is 5.41. The minimum absolute atomic E-state index is 0.0903. The molecule has 2 N–H and O–H groups in total. The fourth-order valence-corrected chi connectivity index (χ4v) is 1.30. The summed E-state index contributed by atoms with van der Waals surface area (Å²) in [6.07, 6.45) is 1.87. The Labute approximate surface area is 57.7 Å². The molecule has 0 unspecified atom stereocenters. The number of imidazole rings is 1. The average Bonchev–Trinajstić information content (AvgIpc) is 2.41. The fourth-order valence-electron chi connectivity index (χ4n) is 1.30. The highest BCUT2D eigenvalue weighted by Crippen LogP contribution is 2.29. The summed E-state index contributed by atoms with van der Waals surface area (Å²) >= 11 is 0. The van der Waals surface area contributed by atoms with E-state index in [1.54, 1.807) is 4.57 Å². The number of rotatable bonds is 0. The van der Waals surface area contributed by atoms with Crippen molar-refractivity contribution in [2.45, 2.75) is 19.4 Å². The van der Waals surface area contributed by atoms with Crippen molar-refractivity contribution in [1.82, 2.24) is 9.55 Å². The molecular weight excluding hydrogens is 132 g/mol. The Morgan fingerprint density at radius 1 is 1.40 bits per heavy atom. The van der Waals surface area contributed by atoms with Crippen LogP contribution < -0.4 is 0 Å². The number of hydrogen-bond donors (Lipinski definition) is 2. The number of nitrogens with zero attached hydrogens (tertiary/aromatic N) is 2. The van der Waals surface area contributed by atoms with Crippen molar-refractivity contribution in [2.24, 2.45) is 0 Å². The molecule has 1 aromatic rings. The highest BCUT2D eigenvalue weighted by molar-refractivity contribution is 5.28. The Morgan fingerprint density at radius 3 is 2.90 bits per heavy atom. The number of hydrogen-bond acceptors (Lipinski definition) is 3. The summed E-state index contributed by atoms with van der Waals surface area (Å²) in [5, 5.41) is 18.0. The molecule has 0 spiro atoms. The SMILES string of the molecule is Oc1nc2n(c1O)CCC2. The monoisotopic (exact) mass is 140 g/mol. The minimum atomic E-state index is -0.241. The summed E-state index contributed by atoms with van der Waals surface area (Å²) in [5.41, 5.74) is 0. The predicted molar refractivity (Wildman–Crippen MR) is 33.9 cm³/mol. The summed E-state index contributed by atoms with van der Waals surface area (Å²) < 4.78 is 1.63. The maximum Gasteiger partial charge on any atom is 0.275 e. The van der Waals surface area contributed by atoms with E-state index in [1.165, 1.54) is 0 Å². The van der Waals surface area contributed by atoms with Crippen LogP contribution >= 0.6 is 0 Å². The zero-order chi connectivity index (χ0) is 7.14. The molecule has 10 heavy (non-hydrogen) atoms. The van der Waals surface area contributed by atoms with Crippen molar-refractivity contribution in [3.63, 3.8) is 0 Å². The third-order valence-electron chi connectivity index (χ3n) is 1.78. The van der Waals surface area contributed by atoms with Gasteiger partial charge in [0.1, 0.15) is 5.82 Å². The second-order valence-electron chi connectivity index (χ2n) is 2.43. The first-order valence-corrected chi connectivity index (χ1v) is 3.26. The Hall–Kier alpha value is -1.19. The number of aryl methyl sites for hydroxylation is 1. The fraction of sp³-hybridized carbons (Fsp3) is 0.500. The van der Waals surface area contributed by atoms with Gasteiger partial charge < -0.3 is 10.2 Å². The predicted octanol–water partition coefficient (Wildman–Crippen LogP) is 0.240. The van der Waals surface area contributed by atoms with Gasteiger partial charge in [-0.05, 0) is 6.42 Å². The van der Waals surface area contributed by atoms with Crippen molar-refractivity contribution < 1.29 is 10.2 Å². The van der Waals surface area contributed by atoms with Crippen molar-refractivity contribution in [3.05, 3.63) is 5.82 Å². The molecular formula is C6H8N2O2. The molecule has 0 fully saturated rings. The lowest BCUT2D eigenvalue weighted by molar-refractivity contribution is 0.368. The molecule has 0 saturated carbocycles. The van der Waals surface area contributed by atoms with Gasteiger partial charge in [0.15, 0.2) is 0 Å². The molecule has 1 aliphatic rings. The average molecular weight is 140 g/mol. The van der Waals surface area contributed by atoms with E-state index in [9.17, 15) is 0 Å². The lowest BCUT2D eigenvalue weighted by Crippen LogP contribution is -1.89. The van der Waals surface area contributed by atoms with E-state index >= 15 is 0 Å². The number of fused-ring (bicyclic) bond motifs is 1. The van der Waals surface area contributed by atoms with Gasteiger partial charge in [-0.25, -0.2) is 0 Å².